The van der Waals surface area contributed by atoms with Crippen molar-refractivity contribution in [2.24, 2.45) is 0 Å². The lowest BCUT2D eigenvalue weighted by Gasteiger charge is -2.08. The lowest BCUT2D eigenvalue weighted by Crippen LogP contribution is -2.21. The highest BCUT2D eigenvalue weighted by Crippen LogP contribution is 2.18. The molecule has 0 radical (unpaired) electrons. The molecule has 7 heteroatoms. The maximum absolute atomic E-state index is 11.8. The van der Waals surface area contributed by atoms with Crippen molar-refractivity contribution in [3.05, 3.63) is 58.6 Å². The van der Waals surface area contributed by atoms with Crippen LogP contribution in [0.1, 0.15) is 18.4 Å². The molecule has 0 aromatic heterocycles. The molecule has 0 unspecified atom stereocenters. The van der Waals surface area contributed by atoms with E-state index in [1.54, 1.807) is 24.3 Å². The Bertz CT molecular complexity index is 815. The minimum Gasteiger partial charge on any atom is -0.494 e. The van der Waals surface area contributed by atoms with E-state index in [0.29, 0.717) is 25.1 Å². The Labute approximate surface area is 166 Å². The number of nitrogens with zero attached hydrogens (tertiary/aromatic N) is 1. The molecule has 2 aromatic rings. The first-order chi connectivity index (χ1) is 13.1. The van der Waals surface area contributed by atoms with Gasteiger partial charge in [0.2, 0.25) is 0 Å². The summed E-state index contributed by atoms with van der Waals surface area (Å²) in [5.41, 5.74) is 1.45. The van der Waals surface area contributed by atoms with E-state index < -0.39 is 11.9 Å². The Morgan fingerprint density at radius 3 is 2.63 bits per heavy atom. The first-order valence-corrected chi connectivity index (χ1v) is 9.16. The number of benzene rings is 2. The number of hydrogen-bond donors (Lipinski definition) is 1. The molecule has 1 N–H and O–H groups in total. The molecule has 2 rings (SSSR count). The first kappa shape index (κ1) is 20.5. The number of carbonyl (C=O) groups excluding carboxylic acids is 2. The molecule has 0 saturated heterocycles. The smallest absolute Gasteiger partial charge is 0.306 e. The number of halogens is 1. The normalized spacial score (nSPS) is 9.93. The van der Waals surface area contributed by atoms with Gasteiger partial charge in [-0.2, -0.15) is 5.26 Å². The molecule has 2 aromatic carbocycles. The van der Waals surface area contributed by atoms with Crippen LogP contribution in [-0.4, -0.2) is 25.1 Å². The zero-order chi connectivity index (χ0) is 19.5. The Hall–Kier alpha value is -2.85. The van der Waals surface area contributed by atoms with Crippen LogP contribution in [0.5, 0.6) is 5.75 Å². The lowest BCUT2D eigenvalue weighted by molar-refractivity contribution is -0.147. The highest BCUT2D eigenvalue weighted by Gasteiger charge is 2.08. The fraction of sp³-hybridized carbons (Fsp3) is 0.250. The van der Waals surface area contributed by atoms with Crippen molar-refractivity contribution in [2.45, 2.75) is 19.3 Å². The number of esters is 1. The van der Waals surface area contributed by atoms with Gasteiger partial charge in [0.25, 0.3) is 5.91 Å². The minimum absolute atomic E-state index is 0.171. The summed E-state index contributed by atoms with van der Waals surface area (Å²) in [6.45, 7) is 0.0397. The van der Waals surface area contributed by atoms with Gasteiger partial charge in [-0.3, -0.25) is 9.59 Å². The van der Waals surface area contributed by atoms with Crippen LogP contribution < -0.4 is 10.1 Å². The van der Waals surface area contributed by atoms with E-state index in [4.69, 9.17) is 14.7 Å². The van der Waals surface area contributed by atoms with Gasteiger partial charge in [-0.15, -0.1) is 0 Å². The standard InChI is InChI=1S/C20H19BrN2O4/c21-16-3-1-4-18(13-16)26-12-2-5-20(25)27-14-19(24)23-17-8-6-15(7-9-17)10-11-22/h1,3-4,6-9,13H,2,5,10,12,14H2,(H,23,24). The molecule has 0 atom stereocenters. The third-order valence-corrected chi connectivity index (χ3v) is 3.97. The van der Waals surface area contributed by atoms with Crippen LogP contribution in [0, 0.1) is 11.3 Å². The number of carbonyl (C=O) groups is 2. The largest absolute Gasteiger partial charge is 0.494 e. The molecule has 27 heavy (non-hydrogen) atoms. The van der Waals surface area contributed by atoms with Crippen LogP contribution in [0.25, 0.3) is 0 Å². The molecular formula is C20H19BrN2O4. The first-order valence-electron chi connectivity index (χ1n) is 8.36. The van der Waals surface area contributed by atoms with Crippen molar-refractivity contribution >= 4 is 33.5 Å². The van der Waals surface area contributed by atoms with E-state index in [1.165, 1.54) is 0 Å². The van der Waals surface area contributed by atoms with E-state index in [2.05, 4.69) is 27.3 Å². The number of nitriles is 1. The van der Waals surface area contributed by atoms with Gasteiger partial charge >= 0.3 is 5.97 Å². The van der Waals surface area contributed by atoms with E-state index in [1.807, 2.05) is 24.3 Å². The Morgan fingerprint density at radius 1 is 1.15 bits per heavy atom. The second kappa shape index (κ2) is 11.0. The maximum atomic E-state index is 11.8. The maximum Gasteiger partial charge on any atom is 0.306 e. The fourth-order valence-corrected chi connectivity index (χ4v) is 2.55. The summed E-state index contributed by atoms with van der Waals surface area (Å²) < 4.78 is 11.4. The summed E-state index contributed by atoms with van der Waals surface area (Å²) >= 11 is 3.36. The molecule has 1 amide bonds. The predicted octanol–water partition coefficient (Wildman–Crippen LogP) is 3.86. The highest BCUT2D eigenvalue weighted by atomic mass is 79.9. The van der Waals surface area contributed by atoms with Gasteiger partial charge in [-0.25, -0.2) is 0 Å². The zero-order valence-electron chi connectivity index (χ0n) is 14.6. The van der Waals surface area contributed by atoms with Crippen LogP contribution in [-0.2, 0) is 20.7 Å². The number of ether oxygens (including phenoxy) is 2. The Morgan fingerprint density at radius 2 is 1.93 bits per heavy atom. The molecule has 0 aliphatic heterocycles. The SMILES string of the molecule is N#CCc1ccc(NC(=O)COC(=O)CCCOc2cccc(Br)c2)cc1. The molecule has 140 valence electrons. The van der Waals surface area contributed by atoms with Crippen molar-refractivity contribution in [2.75, 3.05) is 18.5 Å². The van der Waals surface area contributed by atoms with Gasteiger partial charge in [-0.05, 0) is 42.3 Å². The minimum atomic E-state index is -0.452. The number of anilines is 1. The lowest BCUT2D eigenvalue weighted by atomic mass is 10.1. The number of hydrogen-bond acceptors (Lipinski definition) is 5. The van der Waals surface area contributed by atoms with Gasteiger partial charge in [0.05, 0.1) is 19.1 Å². The van der Waals surface area contributed by atoms with E-state index >= 15 is 0 Å². The second-order valence-electron chi connectivity index (χ2n) is 5.65. The fourth-order valence-electron chi connectivity index (χ4n) is 2.18. The van der Waals surface area contributed by atoms with Gasteiger partial charge in [0, 0.05) is 16.6 Å². The summed E-state index contributed by atoms with van der Waals surface area (Å²) in [4.78, 5) is 23.5. The van der Waals surface area contributed by atoms with Crippen LogP contribution in [0.3, 0.4) is 0 Å². The summed E-state index contributed by atoms with van der Waals surface area (Å²) in [6.07, 6.45) is 0.981. The molecule has 0 heterocycles. The van der Waals surface area contributed by atoms with Gasteiger partial charge in [0.1, 0.15) is 5.75 Å². The van der Waals surface area contributed by atoms with E-state index in [0.717, 1.165) is 15.8 Å². The zero-order valence-corrected chi connectivity index (χ0v) is 16.2. The van der Waals surface area contributed by atoms with Crippen LogP contribution in [0.15, 0.2) is 53.0 Å². The average molecular weight is 431 g/mol. The Balaban J connectivity index is 1.61. The highest BCUT2D eigenvalue weighted by molar-refractivity contribution is 9.10. The van der Waals surface area contributed by atoms with E-state index in [9.17, 15) is 9.59 Å². The topological polar surface area (TPSA) is 88.4 Å². The number of amides is 1. The second-order valence-corrected chi connectivity index (χ2v) is 6.57. The predicted molar refractivity (Wildman–Crippen MR) is 104 cm³/mol. The Kier molecular flexibility index (Phi) is 8.33. The summed E-state index contributed by atoms with van der Waals surface area (Å²) in [5.74, 6) is -0.146. The third-order valence-electron chi connectivity index (χ3n) is 3.48. The summed E-state index contributed by atoms with van der Waals surface area (Å²) in [6, 6.07) is 16.4. The molecule has 6 nitrogen and oxygen atoms in total. The van der Waals surface area contributed by atoms with Crippen LogP contribution >= 0.6 is 15.9 Å². The number of nitrogens with one attached hydrogen (secondary N) is 1. The van der Waals surface area contributed by atoms with Crippen molar-refractivity contribution in [3.8, 4) is 11.8 Å². The van der Waals surface area contributed by atoms with Crippen molar-refractivity contribution < 1.29 is 19.1 Å². The van der Waals surface area contributed by atoms with Crippen LogP contribution in [0.2, 0.25) is 0 Å². The summed E-state index contributed by atoms with van der Waals surface area (Å²) in [5, 5.41) is 11.3. The van der Waals surface area contributed by atoms with E-state index in [-0.39, 0.29) is 13.0 Å². The van der Waals surface area contributed by atoms with Crippen molar-refractivity contribution in [1.82, 2.24) is 0 Å². The molecule has 0 aliphatic carbocycles. The van der Waals surface area contributed by atoms with Crippen molar-refractivity contribution in [1.29, 1.82) is 5.26 Å². The average Bonchev–Trinajstić information content (AvgIpc) is 2.65. The molecule has 0 saturated carbocycles. The van der Waals surface area contributed by atoms with Crippen LogP contribution in [0.4, 0.5) is 5.69 Å². The molecular weight excluding hydrogens is 412 g/mol. The quantitative estimate of drug-likeness (QED) is 0.481. The van der Waals surface area contributed by atoms with Crippen molar-refractivity contribution in [3.63, 3.8) is 0 Å². The number of rotatable bonds is 9. The molecule has 0 bridgehead atoms. The van der Waals surface area contributed by atoms with Gasteiger partial charge < -0.3 is 14.8 Å². The molecule has 0 aliphatic rings. The van der Waals surface area contributed by atoms with Gasteiger partial charge in [-0.1, -0.05) is 34.1 Å². The molecule has 0 fully saturated rings. The van der Waals surface area contributed by atoms with Gasteiger partial charge in [0.15, 0.2) is 6.61 Å². The molecule has 0 spiro atoms. The monoisotopic (exact) mass is 430 g/mol. The summed E-state index contributed by atoms with van der Waals surface area (Å²) in [7, 11) is 0. The third kappa shape index (κ3) is 7.92.